The first-order chi connectivity index (χ1) is 16.5. The zero-order valence-electron chi connectivity index (χ0n) is 19.7. The van der Waals surface area contributed by atoms with Gasteiger partial charge in [0.2, 0.25) is 0 Å². The van der Waals surface area contributed by atoms with Gasteiger partial charge in [-0.15, -0.1) is 0 Å². The van der Waals surface area contributed by atoms with Crippen molar-refractivity contribution in [2.24, 2.45) is 0 Å². The van der Waals surface area contributed by atoms with Crippen LogP contribution in [0.3, 0.4) is 0 Å². The van der Waals surface area contributed by atoms with Crippen molar-refractivity contribution in [3.05, 3.63) is 101 Å². The number of amides is 1. The maximum absolute atomic E-state index is 13.4. The molecular formula is C28H26FNO5. The Morgan fingerprint density at radius 1 is 0.971 bits per heavy atom. The molecule has 1 aliphatic heterocycles. The van der Waals surface area contributed by atoms with E-state index in [9.17, 15) is 24.2 Å². The number of aromatic hydroxyl groups is 1. The van der Waals surface area contributed by atoms with Crippen molar-refractivity contribution in [1.82, 2.24) is 4.90 Å². The van der Waals surface area contributed by atoms with E-state index in [1.165, 1.54) is 41.3 Å². The molecule has 1 saturated heterocycles. The minimum Gasteiger partial charge on any atom is -0.508 e. The highest BCUT2D eigenvalue weighted by atomic mass is 19.1. The highest BCUT2D eigenvalue weighted by molar-refractivity contribution is 6.46. The number of hydrogen-bond donors (Lipinski definition) is 2. The molecule has 1 atom stereocenters. The number of halogens is 1. The topological polar surface area (TPSA) is 87.1 Å². The van der Waals surface area contributed by atoms with Gasteiger partial charge in [-0.2, -0.15) is 0 Å². The summed E-state index contributed by atoms with van der Waals surface area (Å²) in [7, 11) is 0. The zero-order chi connectivity index (χ0) is 25.3. The SMILES string of the molecule is CC(C)(C)Oc1ccccc1CN1C(=O)C(=O)/C(=C(/O)c2ccc(F)cc2)C1c1ccc(O)cc1. The fourth-order valence-electron chi connectivity index (χ4n) is 4.06. The molecule has 0 bridgehead atoms. The molecule has 1 heterocycles. The second kappa shape index (κ2) is 9.25. The summed E-state index contributed by atoms with van der Waals surface area (Å²) in [5.74, 6) is -1.93. The van der Waals surface area contributed by atoms with Crippen molar-refractivity contribution in [1.29, 1.82) is 0 Å². The first kappa shape index (κ1) is 24.0. The van der Waals surface area contributed by atoms with E-state index in [4.69, 9.17) is 4.74 Å². The van der Waals surface area contributed by atoms with Crippen LogP contribution in [-0.2, 0) is 16.1 Å². The van der Waals surface area contributed by atoms with Crippen molar-refractivity contribution < 1.29 is 28.9 Å². The highest BCUT2D eigenvalue weighted by Crippen LogP contribution is 2.41. The Balaban J connectivity index is 1.83. The molecule has 0 saturated carbocycles. The van der Waals surface area contributed by atoms with Crippen LogP contribution in [0.25, 0.3) is 5.76 Å². The van der Waals surface area contributed by atoms with E-state index in [1.807, 2.05) is 39.0 Å². The Hall–Kier alpha value is -4.13. The number of ether oxygens (including phenoxy) is 1. The van der Waals surface area contributed by atoms with Gasteiger partial charge in [-0.25, -0.2) is 4.39 Å². The maximum Gasteiger partial charge on any atom is 0.295 e. The molecule has 0 radical (unpaired) electrons. The molecule has 35 heavy (non-hydrogen) atoms. The van der Waals surface area contributed by atoms with E-state index < -0.39 is 34.9 Å². The van der Waals surface area contributed by atoms with Gasteiger partial charge in [0.05, 0.1) is 18.2 Å². The summed E-state index contributed by atoms with van der Waals surface area (Å²) in [6, 6.07) is 17.4. The lowest BCUT2D eigenvalue weighted by atomic mass is 9.95. The summed E-state index contributed by atoms with van der Waals surface area (Å²) in [5.41, 5.74) is 0.837. The minimum atomic E-state index is -0.927. The lowest BCUT2D eigenvalue weighted by Gasteiger charge is -2.28. The van der Waals surface area contributed by atoms with Crippen LogP contribution in [0.15, 0.2) is 78.4 Å². The van der Waals surface area contributed by atoms with Crippen LogP contribution in [0, 0.1) is 5.82 Å². The molecule has 3 aromatic carbocycles. The number of phenolic OH excluding ortho intramolecular Hbond substituents is 1. The summed E-state index contributed by atoms with van der Waals surface area (Å²) in [5, 5.41) is 20.8. The average molecular weight is 476 g/mol. The van der Waals surface area contributed by atoms with Crippen LogP contribution in [0.1, 0.15) is 43.5 Å². The molecule has 0 aromatic heterocycles. The normalized spacial score (nSPS) is 17.6. The van der Waals surface area contributed by atoms with E-state index in [1.54, 1.807) is 18.2 Å². The number of likely N-dealkylation sites (tertiary alicyclic amines) is 1. The van der Waals surface area contributed by atoms with E-state index in [-0.39, 0.29) is 23.4 Å². The quantitative estimate of drug-likeness (QED) is 0.296. The number of aliphatic hydroxyl groups is 1. The Kier molecular flexibility index (Phi) is 6.35. The second-order valence-electron chi connectivity index (χ2n) is 9.35. The number of carbonyl (C=O) groups excluding carboxylic acids is 2. The number of nitrogens with zero attached hydrogens (tertiary/aromatic N) is 1. The van der Waals surface area contributed by atoms with E-state index in [0.717, 1.165) is 0 Å². The van der Waals surface area contributed by atoms with E-state index >= 15 is 0 Å². The number of aliphatic hydroxyl groups excluding tert-OH is 1. The molecule has 1 amide bonds. The fraction of sp³-hybridized carbons (Fsp3) is 0.214. The van der Waals surface area contributed by atoms with Gasteiger partial charge < -0.3 is 19.8 Å². The molecule has 3 aromatic rings. The van der Waals surface area contributed by atoms with Gasteiger partial charge in [0.1, 0.15) is 28.7 Å². The van der Waals surface area contributed by atoms with Gasteiger partial charge in [-0.05, 0) is 68.8 Å². The zero-order valence-corrected chi connectivity index (χ0v) is 19.7. The van der Waals surface area contributed by atoms with Crippen molar-refractivity contribution >= 4 is 17.4 Å². The predicted molar refractivity (Wildman–Crippen MR) is 129 cm³/mol. The number of benzene rings is 3. The Morgan fingerprint density at radius 2 is 1.60 bits per heavy atom. The largest absolute Gasteiger partial charge is 0.508 e. The van der Waals surface area contributed by atoms with E-state index in [2.05, 4.69) is 0 Å². The summed E-state index contributed by atoms with van der Waals surface area (Å²) < 4.78 is 19.5. The number of ketones is 1. The molecule has 0 aliphatic carbocycles. The third kappa shape index (κ3) is 5.04. The Bertz CT molecular complexity index is 1290. The van der Waals surface area contributed by atoms with Gasteiger partial charge in [0.15, 0.2) is 0 Å². The van der Waals surface area contributed by atoms with Crippen molar-refractivity contribution in [2.45, 2.75) is 39.0 Å². The maximum atomic E-state index is 13.4. The average Bonchev–Trinajstić information content (AvgIpc) is 3.05. The third-order valence-electron chi connectivity index (χ3n) is 5.60. The summed E-state index contributed by atoms with van der Waals surface area (Å²) in [6.45, 7) is 5.78. The number of para-hydroxylation sites is 1. The molecular weight excluding hydrogens is 449 g/mol. The molecule has 1 unspecified atom stereocenters. The van der Waals surface area contributed by atoms with Crippen LogP contribution >= 0.6 is 0 Å². The van der Waals surface area contributed by atoms with Crippen LogP contribution in [-0.4, -0.2) is 32.4 Å². The first-order valence-corrected chi connectivity index (χ1v) is 11.2. The molecule has 7 heteroatoms. The number of phenols is 1. The van der Waals surface area contributed by atoms with Crippen LogP contribution in [0.2, 0.25) is 0 Å². The lowest BCUT2D eigenvalue weighted by molar-refractivity contribution is -0.140. The van der Waals surface area contributed by atoms with Crippen LogP contribution < -0.4 is 4.74 Å². The second-order valence-corrected chi connectivity index (χ2v) is 9.35. The number of hydrogen-bond acceptors (Lipinski definition) is 5. The van der Waals surface area contributed by atoms with E-state index in [0.29, 0.717) is 16.9 Å². The van der Waals surface area contributed by atoms with Crippen molar-refractivity contribution in [3.8, 4) is 11.5 Å². The number of carbonyl (C=O) groups is 2. The molecule has 0 spiro atoms. The molecule has 1 aliphatic rings. The summed E-state index contributed by atoms with van der Waals surface area (Å²) in [6.07, 6.45) is 0. The monoisotopic (exact) mass is 475 g/mol. The van der Waals surface area contributed by atoms with Gasteiger partial charge in [0.25, 0.3) is 11.7 Å². The van der Waals surface area contributed by atoms with Gasteiger partial charge in [0, 0.05) is 11.1 Å². The summed E-state index contributed by atoms with van der Waals surface area (Å²) in [4.78, 5) is 27.8. The summed E-state index contributed by atoms with van der Waals surface area (Å²) >= 11 is 0. The standard InChI is InChI=1S/C28H26FNO5/c1-28(2,3)35-22-7-5-4-6-19(22)16-30-24(17-10-14-21(31)15-11-17)23(26(33)27(30)34)25(32)18-8-12-20(29)13-9-18/h4-15,24,31-32H,16H2,1-3H3/b25-23+. The van der Waals surface area contributed by atoms with Crippen LogP contribution in [0.4, 0.5) is 4.39 Å². The first-order valence-electron chi connectivity index (χ1n) is 11.2. The Labute approximate surface area is 202 Å². The van der Waals surface area contributed by atoms with Gasteiger partial charge in [-0.1, -0.05) is 30.3 Å². The van der Waals surface area contributed by atoms with Gasteiger partial charge in [-0.3, -0.25) is 9.59 Å². The van der Waals surface area contributed by atoms with Crippen molar-refractivity contribution in [2.75, 3.05) is 0 Å². The smallest absolute Gasteiger partial charge is 0.295 e. The van der Waals surface area contributed by atoms with Crippen molar-refractivity contribution in [3.63, 3.8) is 0 Å². The minimum absolute atomic E-state index is 0.0214. The molecule has 1 fully saturated rings. The van der Waals surface area contributed by atoms with Gasteiger partial charge >= 0.3 is 0 Å². The number of Topliss-reactive ketones (excluding diaryl/α,β-unsaturated/α-hetero) is 1. The highest BCUT2D eigenvalue weighted by Gasteiger charge is 2.46. The fourth-order valence-corrected chi connectivity index (χ4v) is 4.06. The molecule has 2 N–H and O–H groups in total. The predicted octanol–water partition coefficient (Wildman–Crippen LogP) is 5.33. The lowest BCUT2D eigenvalue weighted by Crippen LogP contribution is -2.30. The Morgan fingerprint density at radius 3 is 2.23 bits per heavy atom. The molecule has 180 valence electrons. The number of rotatable bonds is 5. The molecule has 4 rings (SSSR count). The van der Waals surface area contributed by atoms with Crippen LogP contribution in [0.5, 0.6) is 11.5 Å². The third-order valence-corrected chi connectivity index (χ3v) is 5.60. The molecule has 6 nitrogen and oxygen atoms in total.